The smallest absolute Gasteiger partial charge is 0.222 e. The van der Waals surface area contributed by atoms with Crippen molar-refractivity contribution >= 4 is 18.3 Å². The molecule has 96 valence electrons. The number of hydrogen-bond acceptors (Lipinski definition) is 2. The molecule has 0 saturated carbocycles. The monoisotopic (exact) mass is 248 g/mol. The predicted octanol–water partition coefficient (Wildman–Crippen LogP) is 2.18. The van der Waals surface area contributed by atoms with Crippen molar-refractivity contribution in [3.05, 3.63) is 0 Å². The van der Waals surface area contributed by atoms with Crippen LogP contribution in [0.4, 0.5) is 0 Å². The van der Waals surface area contributed by atoms with Gasteiger partial charge in [0.15, 0.2) is 0 Å². The number of nitrogens with two attached hydrogens (primary N) is 1. The number of amides is 1. The van der Waals surface area contributed by atoms with Crippen LogP contribution in [0.5, 0.6) is 0 Å². The van der Waals surface area contributed by atoms with Gasteiger partial charge in [-0.15, -0.1) is 12.4 Å². The van der Waals surface area contributed by atoms with Crippen LogP contribution < -0.4 is 5.73 Å². The number of nitrogens with zero attached hydrogens (tertiary/aromatic N) is 1. The second-order valence-electron chi connectivity index (χ2n) is 4.93. The zero-order chi connectivity index (χ0) is 11.3. The minimum Gasteiger partial charge on any atom is -0.343 e. The molecule has 3 nitrogen and oxygen atoms in total. The molecule has 1 heterocycles. The molecule has 0 radical (unpaired) electrons. The van der Waals surface area contributed by atoms with Crippen molar-refractivity contribution in [1.82, 2.24) is 4.90 Å². The Balaban J connectivity index is 0.00000225. The zero-order valence-electron chi connectivity index (χ0n) is 10.4. The van der Waals surface area contributed by atoms with E-state index in [9.17, 15) is 4.79 Å². The first kappa shape index (κ1) is 15.7. The minimum atomic E-state index is 0. The largest absolute Gasteiger partial charge is 0.343 e. The summed E-state index contributed by atoms with van der Waals surface area (Å²) in [4.78, 5) is 13.9. The molecule has 0 spiro atoms. The van der Waals surface area contributed by atoms with Gasteiger partial charge in [-0.25, -0.2) is 0 Å². The third-order valence-electron chi connectivity index (χ3n) is 3.18. The van der Waals surface area contributed by atoms with Gasteiger partial charge < -0.3 is 10.6 Å². The fourth-order valence-corrected chi connectivity index (χ4v) is 2.02. The van der Waals surface area contributed by atoms with Crippen molar-refractivity contribution in [1.29, 1.82) is 0 Å². The van der Waals surface area contributed by atoms with Crippen LogP contribution in [0.1, 0.15) is 46.0 Å². The van der Waals surface area contributed by atoms with Crippen LogP contribution in [-0.4, -0.2) is 29.9 Å². The van der Waals surface area contributed by atoms with Gasteiger partial charge in [-0.2, -0.15) is 0 Å². The highest BCUT2D eigenvalue weighted by Gasteiger charge is 2.18. The lowest BCUT2D eigenvalue weighted by molar-refractivity contribution is -0.131. The summed E-state index contributed by atoms with van der Waals surface area (Å²) < 4.78 is 0. The first-order chi connectivity index (χ1) is 7.09. The Morgan fingerprint density at radius 1 is 1.44 bits per heavy atom. The molecule has 2 unspecified atom stereocenters. The van der Waals surface area contributed by atoms with Gasteiger partial charge in [-0.05, 0) is 38.5 Å². The molecule has 1 fully saturated rings. The Morgan fingerprint density at radius 2 is 2.12 bits per heavy atom. The molecule has 0 aliphatic carbocycles. The van der Waals surface area contributed by atoms with Crippen LogP contribution in [0.25, 0.3) is 0 Å². The summed E-state index contributed by atoms with van der Waals surface area (Å²) in [6, 6.07) is 0.139. The molecule has 16 heavy (non-hydrogen) atoms. The molecule has 0 aromatic heterocycles. The number of carbonyl (C=O) groups is 1. The summed E-state index contributed by atoms with van der Waals surface area (Å²) in [5.41, 5.74) is 5.65. The van der Waals surface area contributed by atoms with Gasteiger partial charge in [-0.3, -0.25) is 4.79 Å². The molecule has 4 heteroatoms. The highest BCUT2D eigenvalue weighted by atomic mass is 35.5. The highest BCUT2D eigenvalue weighted by Crippen LogP contribution is 2.17. The van der Waals surface area contributed by atoms with E-state index >= 15 is 0 Å². The lowest BCUT2D eigenvalue weighted by Crippen LogP contribution is -2.32. The second-order valence-corrected chi connectivity index (χ2v) is 4.93. The van der Waals surface area contributed by atoms with Crippen LogP contribution in [0, 0.1) is 5.92 Å². The van der Waals surface area contributed by atoms with Crippen molar-refractivity contribution in [2.24, 2.45) is 11.7 Å². The van der Waals surface area contributed by atoms with Crippen LogP contribution in [0.2, 0.25) is 0 Å². The molecule has 1 rings (SSSR count). The van der Waals surface area contributed by atoms with Crippen LogP contribution in [0.3, 0.4) is 0 Å². The van der Waals surface area contributed by atoms with E-state index in [1.54, 1.807) is 0 Å². The van der Waals surface area contributed by atoms with Crippen molar-refractivity contribution in [2.45, 2.75) is 52.0 Å². The van der Waals surface area contributed by atoms with Gasteiger partial charge in [0.2, 0.25) is 5.91 Å². The molecule has 1 saturated heterocycles. The minimum absolute atomic E-state index is 0. The summed E-state index contributed by atoms with van der Waals surface area (Å²) in [7, 11) is 0. The van der Waals surface area contributed by atoms with E-state index in [2.05, 4.69) is 6.92 Å². The molecule has 2 N–H and O–H groups in total. The topological polar surface area (TPSA) is 46.3 Å². The molecule has 1 aliphatic rings. The van der Waals surface area contributed by atoms with Crippen molar-refractivity contribution in [3.63, 3.8) is 0 Å². The number of likely N-dealkylation sites (tertiary alicyclic amines) is 1. The van der Waals surface area contributed by atoms with E-state index in [4.69, 9.17) is 5.73 Å². The predicted molar refractivity (Wildman–Crippen MR) is 69.7 cm³/mol. The molecule has 1 amide bonds. The van der Waals surface area contributed by atoms with E-state index in [1.165, 1.54) is 6.42 Å². The molecule has 0 aromatic rings. The fourth-order valence-electron chi connectivity index (χ4n) is 2.02. The quantitative estimate of drug-likeness (QED) is 0.832. The van der Waals surface area contributed by atoms with Gasteiger partial charge >= 0.3 is 0 Å². The summed E-state index contributed by atoms with van der Waals surface area (Å²) >= 11 is 0. The first-order valence-electron chi connectivity index (χ1n) is 6.13. The SMILES string of the molecule is CC(N)CCC(=O)N1CCCC(C)CC1.Cl. The van der Waals surface area contributed by atoms with Crippen LogP contribution >= 0.6 is 12.4 Å². The van der Waals surface area contributed by atoms with E-state index in [1.807, 2.05) is 11.8 Å². The Morgan fingerprint density at radius 3 is 2.75 bits per heavy atom. The summed E-state index contributed by atoms with van der Waals surface area (Å²) in [5, 5.41) is 0. The van der Waals surface area contributed by atoms with Gasteiger partial charge in [0.05, 0.1) is 0 Å². The lowest BCUT2D eigenvalue weighted by atomic mass is 10.0. The maximum absolute atomic E-state index is 11.8. The van der Waals surface area contributed by atoms with Gasteiger partial charge in [-0.1, -0.05) is 6.92 Å². The van der Waals surface area contributed by atoms with Gasteiger partial charge in [0, 0.05) is 25.6 Å². The van der Waals surface area contributed by atoms with E-state index in [-0.39, 0.29) is 18.4 Å². The second kappa shape index (κ2) is 7.91. The Bertz CT molecular complexity index is 209. The number of carbonyl (C=O) groups excluding carboxylic acids is 1. The van der Waals surface area contributed by atoms with Crippen molar-refractivity contribution in [2.75, 3.05) is 13.1 Å². The standard InChI is InChI=1S/C12H24N2O.ClH/c1-10-4-3-8-14(9-7-10)12(15)6-5-11(2)13;/h10-11H,3-9,13H2,1-2H3;1H. The van der Waals surface area contributed by atoms with Crippen molar-refractivity contribution in [3.8, 4) is 0 Å². The third-order valence-corrected chi connectivity index (χ3v) is 3.18. The van der Waals surface area contributed by atoms with E-state index < -0.39 is 0 Å². The first-order valence-corrected chi connectivity index (χ1v) is 6.13. The Kier molecular flexibility index (Phi) is 7.77. The van der Waals surface area contributed by atoms with Crippen LogP contribution in [0.15, 0.2) is 0 Å². The lowest BCUT2D eigenvalue weighted by Gasteiger charge is -2.20. The average molecular weight is 249 g/mol. The maximum Gasteiger partial charge on any atom is 0.222 e. The number of halogens is 1. The highest BCUT2D eigenvalue weighted by molar-refractivity contribution is 5.85. The van der Waals surface area contributed by atoms with E-state index in [0.717, 1.165) is 38.3 Å². The molecule has 1 aliphatic heterocycles. The zero-order valence-corrected chi connectivity index (χ0v) is 11.3. The normalized spacial score (nSPS) is 23.2. The number of rotatable bonds is 3. The fraction of sp³-hybridized carbons (Fsp3) is 0.917. The van der Waals surface area contributed by atoms with E-state index in [0.29, 0.717) is 12.3 Å². The van der Waals surface area contributed by atoms with Gasteiger partial charge in [0.25, 0.3) is 0 Å². The van der Waals surface area contributed by atoms with Crippen molar-refractivity contribution < 1.29 is 4.79 Å². The molecule has 0 bridgehead atoms. The summed E-state index contributed by atoms with van der Waals surface area (Å²) in [6.45, 7) is 6.12. The molecule has 2 atom stereocenters. The molecular formula is C12H25ClN2O. The average Bonchev–Trinajstić information content (AvgIpc) is 2.39. The molecule has 0 aromatic carbocycles. The van der Waals surface area contributed by atoms with Gasteiger partial charge in [0.1, 0.15) is 0 Å². The Hall–Kier alpha value is -0.280. The summed E-state index contributed by atoms with van der Waals surface area (Å²) in [6.07, 6.45) is 5.00. The maximum atomic E-state index is 11.8. The Labute approximate surface area is 105 Å². The number of hydrogen-bond donors (Lipinski definition) is 1. The summed E-state index contributed by atoms with van der Waals surface area (Å²) in [5.74, 6) is 1.07. The van der Waals surface area contributed by atoms with Crippen LogP contribution in [-0.2, 0) is 4.79 Å². The third kappa shape index (κ3) is 5.71. The molecular weight excluding hydrogens is 224 g/mol.